The van der Waals surface area contributed by atoms with E-state index in [9.17, 15) is 4.79 Å². The molecule has 0 saturated carbocycles. The highest BCUT2D eigenvalue weighted by molar-refractivity contribution is 8.34. The van der Waals surface area contributed by atoms with Gasteiger partial charge in [-0.25, -0.2) is 9.79 Å². The Morgan fingerprint density at radius 3 is 2.00 bits per heavy atom. The molecule has 29 heavy (non-hydrogen) atoms. The molecule has 2 aromatic carbocycles. The average Bonchev–Trinajstić information content (AvgIpc) is 3.19. The van der Waals surface area contributed by atoms with Gasteiger partial charge >= 0.3 is 0 Å². The van der Waals surface area contributed by atoms with Crippen molar-refractivity contribution < 1.29 is 14.3 Å². The standard InChI is InChI=1S/C22H22N2O3S2/c1-26-18-7-3-16(4-8-18)20-21(17-5-9-19(27-2)10-6-17)29(15-25)22(23-20)24-11-13-28-14-12-24/h3-10H,11-14H2,1-2H3. The van der Waals surface area contributed by atoms with E-state index in [0.717, 1.165) is 63.0 Å². The zero-order chi connectivity index (χ0) is 20.2. The first kappa shape index (κ1) is 19.8. The largest absolute Gasteiger partial charge is 0.497 e. The zero-order valence-electron chi connectivity index (χ0n) is 16.4. The van der Waals surface area contributed by atoms with Gasteiger partial charge in [0, 0.05) is 30.2 Å². The van der Waals surface area contributed by atoms with Crippen molar-refractivity contribution in [3.05, 3.63) is 59.7 Å². The lowest BCUT2D eigenvalue weighted by Gasteiger charge is -2.28. The van der Waals surface area contributed by atoms with E-state index in [1.54, 1.807) is 14.2 Å². The van der Waals surface area contributed by atoms with Gasteiger partial charge in [0.15, 0.2) is 10.4 Å². The van der Waals surface area contributed by atoms with Crippen LogP contribution in [0.25, 0.3) is 10.6 Å². The normalized spacial score (nSPS) is 19.0. The number of aliphatic imine (C=N–C) groups is 1. The molecule has 0 aliphatic carbocycles. The minimum absolute atomic E-state index is 0.780. The molecule has 0 spiro atoms. The fourth-order valence-electron chi connectivity index (χ4n) is 3.35. The van der Waals surface area contributed by atoms with Crippen molar-refractivity contribution in [3.63, 3.8) is 0 Å². The third kappa shape index (κ3) is 3.99. The summed E-state index contributed by atoms with van der Waals surface area (Å²) >= 11 is 1.94. The van der Waals surface area contributed by atoms with E-state index in [4.69, 9.17) is 14.5 Å². The molecular formula is C22H22N2O3S2. The Morgan fingerprint density at radius 1 is 0.931 bits per heavy atom. The van der Waals surface area contributed by atoms with Gasteiger partial charge in [0.05, 0.1) is 24.8 Å². The maximum Gasteiger partial charge on any atom is 0.173 e. The molecule has 0 aromatic heterocycles. The first-order chi connectivity index (χ1) is 14.2. The lowest BCUT2D eigenvalue weighted by molar-refractivity contribution is 0.414. The van der Waals surface area contributed by atoms with Gasteiger partial charge in [-0.1, -0.05) is 12.1 Å². The number of rotatable bonds is 4. The molecule has 1 fully saturated rings. The summed E-state index contributed by atoms with van der Waals surface area (Å²) in [5.41, 5.74) is 2.76. The summed E-state index contributed by atoms with van der Waals surface area (Å²) in [6, 6.07) is 15.6. The van der Waals surface area contributed by atoms with Crippen molar-refractivity contribution in [3.8, 4) is 11.5 Å². The highest BCUT2D eigenvalue weighted by Gasteiger charge is 2.30. The minimum Gasteiger partial charge on any atom is -0.497 e. The Labute approximate surface area is 177 Å². The van der Waals surface area contributed by atoms with Crippen molar-refractivity contribution in [1.29, 1.82) is 0 Å². The van der Waals surface area contributed by atoms with Crippen LogP contribution in [-0.2, 0) is 4.79 Å². The predicted octanol–water partition coefficient (Wildman–Crippen LogP) is 4.28. The van der Waals surface area contributed by atoms with Crippen molar-refractivity contribution in [2.24, 2.45) is 4.99 Å². The molecule has 1 saturated heterocycles. The van der Waals surface area contributed by atoms with E-state index in [0.29, 0.717) is 0 Å². The fourth-order valence-corrected chi connectivity index (χ4v) is 5.95. The molecule has 0 amide bonds. The van der Waals surface area contributed by atoms with E-state index in [1.165, 1.54) is 0 Å². The van der Waals surface area contributed by atoms with Crippen LogP contribution in [-0.4, -0.2) is 54.1 Å². The van der Waals surface area contributed by atoms with Crippen molar-refractivity contribution in [2.75, 3.05) is 38.8 Å². The molecule has 0 bridgehead atoms. The Hall–Kier alpha value is -2.47. The second-order valence-corrected chi connectivity index (χ2v) is 9.30. The molecule has 2 aromatic rings. The van der Waals surface area contributed by atoms with Crippen molar-refractivity contribution in [1.82, 2.24) is 4.90 Å². The molecule has 1 unspecified atom stereocenters. The monoisotopic (exact) mass is 426 g/mol. The highest BCUT2D eigenvalue weighted by atomic mass is 32.2. The second-order valence-electron chi connectivity index (χ2n) is 6.52. The molecule has 0 N–H and O–H groups in total. The van der Waals surface area contributed by atoms with Crippen LogP contribution in [0.2, 0.25) is 0 Å². The number of nitrogens with zero attached hydrogens (tertiary/aromatic N) is 2. The topological polar surface area (TPSA) is 51.1 Å². The summed E-state index contributed by atoms with van der Waals surface area (Å²) in [6.07, 6.45) is 0. The van der Waals surface area contributed by atoms with Gasteiger partial charge < -0.3 is 14.4 Å². The smallest absolute Gasteiger partial charge is 0.173 e. The third-order valence-electron chi connectivity index (χ3n) is 4.89. The summed E-state index contributed by atoms with van der Waals surface area (Å²) in [4.78, 5) is 20.3. The SMILES string of the molecule is COc1ccc(C2=C(c3ccc(OC)cc3)S(=C=O)C(N3CCSCC3)=N2)cc1. The first-order valence-electron chi connectivity index (χ1n) is 9.31. The molecule has 4 rings (SSSR count). The number of amidine groups is 1. The molecule has 2 aliphatic rings. The van der Waals surface area contributed by atoms with Gasteiger partial charge in [0.25, 0.3) is 0 Å². The lowest BCUT2D eigenvalue weighted by Crippen LogP contribution is -2.36. The van der Waals surface area contributed by atoms with E-state index >= 15 is 0 Å². The summed E-state index contributed by atoms with van der Waals surface area (Å²) in [7, 11) is 2.46. The average molecular weight is 427 g/mol. The molecular weight excluding hydrogens is 404 g/mol. The van der Waals surface area contributed by atoms with Gasteiger partial charge in [0.2, 0.25) is 0 Å². The summed E-state index contributed by atoms with van der Waals surface area (Å²) in [5.74, 6) is 3.66. The molecule has 1 atom stereocenters. The Kier molecular flexibility index (Phi) is 6.09. The predicted molar refractivity (Wildman–Crippen MR) is 122 cm³/mol. The van der Waals surface area contributed by atoms with Gasteiger partial charge in [-0.15, -0.1) is 0 Å². The number of methoxy groups -OCH3 is 2. The quantitative estimate of drug-likeness (QED) is 0.683. The number of thioether (sulfide) groups is 1. The van der Waals surface area contributed by atoms with Crippen LogP contribution in [0.4, 0.5) is 0 Å². The molecule has 5 nitrogen and oxygen atoms in total. The van der Waals surface area contributed by atoms with E-state index in [1.807, 2.05) is 60.3 Å². The lowest BCUT2D eigenvalue weighted by atomic mass is 10.1. The number of carbonyl (C=O) groups excluding carboxylic acids is 1. The third-order valence-corrected chi connectivity index (χ3v) is 7.55. The zero-order valence-corrected chi connectivity index (χ0v) is 18.0. The Bertz CT molecular complexity index is 1000. The maximum atomic E-state index is 12.1. The van der Waals surface area contributed by atoms with Crippen LogP contribution < -0.4 is 9.47 Å². The van der Waals surface area contributed by atoms with Crippen LogP contribution in [0.5, 0.6) is 11.5 Å². The van der Waals surface area contributed by atoms with Gasteiger partial charge in [-0.05, 0) is 52.4 Å². The van der Waals surface area contributed by atoms with Crippen LogP contribution in [0, 0.1) is 0 Å². The van der Waals surface area contributed by atoms with Crippen LogP contribution in [0.3, 0.4) is 0 Å². The van der Waals surface area contributed by atoms with E-state index < -0.39 is 10.5 Å². The van der Waals surface area contributed by atoms with Gasteiger partial charge in [-0.2, -0.15) is 11.8 Å². The number of hydrogen-bond acceptors (Lipinski definition) is 6. The summed E-state index contributed by atoms with van der Waals surface area (Å²) in [5, 5.41) is 3.13. The van der Waals surface area contributed by atoms with Crippen LogP contribution >= 0.6 is 22.2 Å². The molecule has 7 heteroatoms. The molecule has 2 heterocycles. The summed E-state index contributed by atoms with van der Waals surface area (Å²) < 4.78 is 10.6. The number of ether oxygens (including phenoxy) is 2. The highest BCUT2D eigenvalue weighted by Crippen LogP contribution is 2.48. The van der Waals surface area contributed by atoms with Crippen LogP contribution in [0.15, 0.2) is 53.5 Å². The Balaban J connectivity index is 1.83. The maximum absolute atomic E-state index is 12.1. The van der Waals surface area contributed by atoms with Gasteiger partial charge in [0.1, 0.15) is 11.5 Å². The van der Waals surface area contributed by atoms with Crippen molar-refractivity contribution >= 4 is 43.2 Å². The Morgan fingerprint density at radius 2 is 1.48 bits per heavy atom. The van der Waals surface area contributed by atoms with E-state index in [2.05, 4.69) is 10.1 Å². The molecule has 2 aliphatic heterocycles. The summed E-state index contributed by atoms with van der Waals surface area (Å²) in [6.45, 7) is 1.81. The second kappa shape index (κ2) is 8.91. The molecule has 150 valence electrons. The number of benzene rings is 2. The number of hydrogen-bond donors (Lipinski definition) is 0. The van der Waals surface area contributed by atoms with Crippen molar-refractivity contribution in [2.45, 2.75) is 0 Å². The van der Waals surface area contributed by atoms with Gasteiger partial charge in [-0.3, -0.25) is 0 Å². The van der Waals surface area contributed by atoms with Crippen LogP contribution in [0.1, 0.15) is 11.1 Å². The van der Waals surface area contributed by atoms with E-state index in [-0.39, 0.29) is 0 Å². The first-order valence-corrected chi connectivity index (χ1v) is 11.7. The molecule has 0 radical (unpaired) electrons. The fraction of sp³-hybridized carbons (Fsp3) is 0.273. The minimum atomic E-state index is -0.836.